The monoisotopic (exact) mass is 705 g/mol. The fourth-order valence-electron chi connectivity index (χ4n) is 6.59. The molecule has 1 aliphatic carbocycles. The summed E-state index contributed by atoms with van der Waals surface area (Å²) in [5, 5.41) is 9.16. The Morgan fingerprint density at radius 2 is 1.02 bits per heavy atom. The van der Waals surface area contributed by atoms with E-state index >= 15 is 0 Å². The summed E-state index contributed by atoms with van der Waals surface area (Å²) >= 11 is 0. The maximum Gasteiger partial charge on any atom is 0.338 e. The van der Waals surface area contributed by atoms with E-state index in [1.165, 1.54) is 36.4 Å². The first kappa shape index (κ1) is 34.6. The first-order chi connectivity index (χ1) is 25.3. The zero-order valence-electron chi connectivity index (χ0n) is 27.9. The first-order valence-corrected chi connectivity index (χ1v) is 16.9. The summed E-state index contributed by atoms with van der Waals surface area (Å²) < 4.78 is 43.2. The molecule has 12 nitrogen and oxygen atoms in total. The molecule has 0 bridgehead atoms. The molecule has 5 atom stereocenters. The molecule has 2 spiro atoms. The van der Waals surface area contributed by atoms with Crippen LogP contribution in [-0.2, 0) is 33.2 Å². The molecule has 0 radical (unpaired) electrons. The molecule has 12 heteroatoms. The first-order valence-electron chi connectivity index (χ1n) is 16.9. The van der Waals surface area contributed by atoms with Crippen LogP contribution in [0.3, 0.4) is 0 Å². The van der Waals surface area contributed by atoms with Gasteiger partial charge in [-0.05, 0) is 61.4 Å². The Morgan fingerprint density at radius 1 is 0.596 bits per heavy atom. The lowest BCUT2D eigenvalue weighted by molar-refractivity contribution is -0.351. The van der Waals surface area contributed by atoms with Crippen molar-refractivity contribution in [3.05, 3.63) is 144 Å². The quantitative estimate of drug-likeness (QED) is 0.163. The average molecular weight is 706 g/mol. The van der Waals surface area contributed by atoms with Crippen LogP contribution in [0.1, 0.15) is 67.1 Å². The van der Waals surface area contributed by atoms with Gasteiger partial charge >= 0.3 is 23.9 Å². The van der Waals surface area contributed by atoms with Crippen LogP contribution < -0.4 is 0 Å². The van der Waals surface area contributed by atoms with Gasteiger partial charge in [-0.1, -0.05) is 72.8 Å². The Hall–Kier alpha value is -5.85. The SMILES string of the molecule is N=C1OC2(CCCC2)O[C@@]12O[C@H](COC(=O)c1ccccc1)[C@@H](OC(=O)c1ccccc1)[C@H](OC(=O)c1ccccc1)[C@H]2OC(=O)c1ccccc1. The van der Waals surface area contributed by atoms with Crippen LogP contribution in [0.15, 0.2) is 121 Å². The van der Waals surface area contributed by atoms with Gasteiger partial charge in [-0.25, -0.2) is 19.2 Å². The van der Waals surface area contributed by atoms with Gasteiger partial charge in [-0.3, -0.25) is 10.1 Å². The lowest BCUT2D eigenvalue weighted by atomic mass is 9.91. The smallest absolute Gasteiger partial charge is 0.338 e. The molecule has 52 heavy (non-hydrogen) atoms. The predicted molar refractivity (Wildman–Crippen MR) is 182 cm³/mol. The van der Waals surface area contributed by atoms with Gasteiger partial charge in [0.05, 0.1) is 22.3 Å². The molecule has 2 heterocycles. The van der Waals surface area contributed by atoms with Crippen LogP contribution in [0.2, 0.25) is 0 Å². The van der Waals surface area contributed by atoms with Crippen molar-refractivity contribution in [2.75, 3.05) is 6.61 Å². The Labute approximate surface area is 299 Å². The molecule has 0 unspecified atom stereocenters. The standard InChI is InChI=1S/C40H35NO11/c41-38-40(52-39(51-38)23-13-14-24-39)33(49-37(45)29-21-11-4-12-22-29)32(48-36(44)28-19-9-3-10-20-28)31(47-35(43)27-17-7-2-8-18-27)30(50-40)25-46-34(42)26-15-5-1-6-16-26/h1-12,15-22,30-33,41H,13-14,23-25H2/t30-,31-,32+,33-,40-/m1/s1. The van der Waals surface area contributed by atoms with Gasteiger partial charge in [0.1, 0.15) is 12.7 Å². The lowest BCUT2D eigenvalue weighted by Gasteiger charge is -2.48. The highest BCUT2D eigenvalue weighted by Gasteiger charge is 2.71. The van der Waals surface area contributed by atoms with E-state index in [-0.39, 0.29) is 22.3 Å². The van der Waals surface area contributed by atoms with Crippen molar-refractivity contribution in [1.29, 1.82) is 5.41 Å². The highest BCUT2D eigenvalue weighted by molar-refractivity contribution is 5.93. The van der Waals surface area contributed by atoms with Crippen molar-refractivity contribution in [1.82, 2.24) is 0 Å². The topological polar surface area (TPSA) is 157 Å². The largest absolute Gasteiger partial charge is 0.459 e. The average Bonchev–Trinajstić information content (AvgIpc) is 3.75. The number of nitrogens with one attached hydrogen (secondary N) is 1. The number of carbonyl (C=O) groups is 4. The fourth-order valence-corrected chi connectivity index (χ4v) is 6.59. The third-order valence-electron chi connectivity index (χ3n) is 9.13. The van der Waals surface area contributed by atoms with Crippen LogP contribution in [0.25, 0.3) is 0 Å². The summed E-state index contributed by atoms with van der Waals surface area (Å²) in [7, 11) is 0. The van der Waals surface area contributed by atoms with Gasteiger partial charge in [-0.15, -0.1) is 0 Å². The van der Waals surface area contributed by atoms with Gasteiger partial charge in [0.15, 0.2) is 12.2 Å². The molecule has 0 amide bonds. The van der Waals surface area contributed by atoms with Crippen molar-refractivity contribution >= 4 is 29.8 Å². The number of ether oxygens (including phenoxy) is 7. The van der Waals surface area contributed by atoms with Crippen LogP contribution in [0.4, 0.5) is 0 Å². The summed E-state index contributed by atoms with van der Waals surface area (Å²) in [4.78, 5) is 54.6. The van der Waals surface area contributed by atoms with E-state index in [4.69, 9.17) is 38.6 Å². The number of benzene rings is 4. The van der Waals surface area contributed by atoms with E-state index in [0.717, 1.165) is 12.8 Å². The zero-order valence-corrected chi connectivity index (χ0v) is 27.9. The van der Waals surface area contributed by atoms with Gasteiger partial charge < -0.3 is 28.4 Å². The molecule has 7 rings (SSSR count). The van der Waals surface area contributed by atoms with Crippen molar-refractivity contribution in [3.63, 3.8) is 0 Å². The highest BCUT2D eigenvalue weighted by atomic mass is 16.9. The Morgan fingerprint density at radius 3 is 1.50 bits per heavy atom. The van der Waals surface area contributed by atoms with Gasteiger partial charge in [-0.2, -0.15) is 0 Å². The maximum absolute atomic E-state index is 13.9. The minimum absolute atomic E-state index is 0.141. The molecule has 0 aromatic heterocycles. The van der Waals surface area contributed by atoms with Crippen molar-refractivity contribution < 1.29 is 52.3 Å². The van der Waals surface area contributed by atoms with E-state index in [9.17, 15) is 19.2 Å². The van der Waals surface area contributed by atoms with Gasteiger partial charge in [0, 0.05) is 12.8 Å². The Balaban J connectivity index is 1.33. The number of rotatable bonds is 9. The molecule has 2 saturated heterocycles. The molecule has 266 valence electrons. The van der Waals surface area contributed by atoms with Crippen LogP contribution in [-0.4, -0.2) is 72.4 Å². The molecule has 4 aromatic rings. The molecule has 1 saturated carbocycles. The van der Waals surface area contributed by atoms with Crippen molar-refractivity contribution in [3.8, 4) is 0 Å². The van der Waals surface area contributed by atoms with E-state index in [0.29, 0.717) is 12.8 Å². The number of hydrogen-bond acceptors (Lipinski definition) is 12. The molecule has 3 aliphatic rings. The van der Waals surface area contributed by atoms with Crippen LogP contribution in [0, 0.1) is 5.41 Å². The fraction of sp³-hybridized carbons (Fsp3) is 0.275. The third kappa shape index (κ3) is 7.03. The molecular weight excluding hydrogens is 670 g/mol. The van der Waals surface area contributed by atoms with Crippen molar-refractivity contribution in [2.45, 2.75) is 61.7 Å². The number of carbonyl (C=O) groups excluding carboxylic acids is 4. The summed E-state index contributed by atoms with van der Waals surface area (Å²) in [6.45, 7) is -0.551. The summed E-state index contributed by atoms with van der Waals surface area (Å²) in [6.07, 6.45) is -4.19. The van der Waals surface area contributed by atoms with E-state index in [1.54, 1.807) is 84.9 Å². The van der Waals surface area contributed by atoms with E-state index < -0.39 is 72.4 Å². The van der Waals surface area contributed by atoms with Crippen LogP contribution >= 0.6 is 0 Å². The second kappa shape index (κ2) is 14.8. The molecule has 1 N–H and O–H groups in total. The molecule has 2 aliphatic heterocycles. The molecule has 4 aromatic carbocycles. The van der Waals surface area contributed by atoms with Crippen molar-refractivity contribution in [2.24, 2.45) is 0 Å². The predicted octanol–water partition coefficient (Wildman–Crippen LogP) is 5.91. The molecular formula is C40H35NO11. The highest BCUT2D eigenvalue weighted by Crippen LogP contribution is 2.50. The normalized spacial score (nSPS) is 24.5. The number of esters is 4. The maximum atomic E-state index is 13.9. The summed E-state index contributed by atoms with van der Waals surface area (Å²) in [5.74, 6) is -7.42. The molecule has 3 fully saturated rings. The minimum atomic E-state index is -2.31. The summed E-state index contributed by atoms with van der Waals surface area (Å²) in [6, 6.07) is 32.4. The van der Waals surface area contributed by atoms with Gasteiger partial charge in [0.25, 0.3) is 5.79 Å². The van der Waals surface area contributed by atoms with E-state index in [2.05, 4.69) is 0 Å². The minimum Gasteiger partial charge on any atom is -0.459 e. The second-order valence-electron chi connectivity index (χ2n) is 12.6. The summed E-state index contributed by atoms with van der Waals surface area (Å²) in [5.41, 5.74) is 0.684. The second-order valence-corrected chi connectivity index (χ2v) is 12.6. The van der Waals surface area contributed by atoms with Crippen LogP contribution in [0.5, 0.6) is 0 Å². The third-order valence-corrected chi connectivity index (χ3v) is 9.13. The number of hydrogen-bond donors (Lipinski definition) is 1. The lowest BCUT2D eigenvalue weighted by Crippen LogP contribution is -2.70. The zero-order chi connectivity index (χ0) is 36.1. The Kier molecular flexibility index (Phi) is 9.84. The van der Waals surface area contributed by atoms with Gasteiger partial charge in [0.2, 0.25) is 17.8 Å². The van der Waals surface area contributed by atoms with E-state index in [1.807, 2.05) is 0 Å². The Bertz CT molecular complexity index is 1920.